The number of aromatic nitrogens is 1. The Hall–Kier alpha value is -1.81. The SMILES string of the molecule is CN(Cc1ccoc1)C(=O)c1cccc(Cl)n1. The molecule has 0 saturated heterocycles. The van der Waals surface area contributed by atoms with Gasteiger partial charge in [0.25, 0.3) is 5.91 Å². The second kappa shape index (κ2) is 5.01. The summed E-state index contributed by atoms with van der Waals surface area (Å²) in [6.07, 6.45) is 3.18. The van der Waals surface area contributed by atoms with Gasteiger partial charge in [-0.15, -0.1) is 0 Å². The van der Waals surface area contributed by atoms with Gasteiger partial charge in [0.05, 0.1) is 12.5 Å². The van der Waals surface area contributed by atoms with E-state index in [2.05, 4.69) is 4.98 Å². The molecular formula is C12H11ClN2O2. The molecule has 0 spiro atoms. The van der Waals surface area contributed by atoms with Gasteiger partial charge in [-0.2, -0.15) is 0 Å². The van der Waals surface area contributed by atoms with Crippen LogP contribution in [0.3, 0.4) is 0 Å². The van der Waals surface area contributed by atoms with Crippen LogP contribution in [-0.4, -0.2) is 22.8 Å². The number of nitrogens with zero attached hydrogens (tertiary/aromatic N) is 2. The average Bonchev–Trinajstić information content (AvgIpc) is 2.80. The summed E-state index contributed by atoms with van der Waals surface area (Å²) in [5.41, 5.74) is 1.27. The first-order valence-electron chi connectivity index (χ1n) is 5.06. The summed E-state index contributed by atoms with van der Waals surface area (Å²) in [6, 6.07) is 6.79. The predicted octanol–water partition coefficient (Wildman–Crippen LogP) is 2.60. The van der Waals surface area contributed by atoms with Crippen molar-refractivity contribution in [2.24, 2.45) is 0 Å². The molecule has 0 atom stereocenters. The lowest BCUT2D eigenvalue weighted by Crippen LogP contribution is -2.26. The quantitative estimate of drug-likeness (QED) is 0.787. The first kappa shape index (κ1) is 11.7. The van der Waals surface area contributed by atoms with Gasteiger partial charge in [0.1, 0.15) is 10.8 Å². The summed E-state index contributed by atoms with van der Waals surface area (Å²) in [5.74, 6) is -0.172. The van der Waals surface area contributed by atoms with Gasteiger partial charge in [0, 0.05) is 19.2 Å². The maximum Gasteiger partial charge on any atom is 0.272 e. The van der Waals surface area contributed by atoms with Crippen LogP contribution in [0, 0.1) is 0 Å². The average molecular weight is 251 g/mol. The molecule has 0 radical (unpaired) electrons. The molecule has 0 fully saturated rings. The largest absolute Gasteiger partial charge is 0.472 e. The molecule has 1 amide bonds. The second-order valence-electron chi connectivity index (χ2n) is 3.64. The molecule has 2 aromatic heterocycles. The Labute approximate surface area is 104 Å². The lowest BCUT2D eigenvalue weighted by Gasteiger charge is -2.15. The molecular weight excluding hydrogens is 240 g/mol. The molecule has 5 heteroatoms. The molecule has 0 aliphatic carbocycles. The van der Waals surface area contributed by atoms with Crippen LogP contribution >= 0.6 is 11.6 Å². The third-order valence-electron chi connectivity index (χ3n) is 2.28. The highest BCUT2D eigenvalue weighted by atomic mass is 35.5. The summed E-state index contributed by atoms with van der Waals surface area (Å²) in [7, 11) is 1.71. The van der Waals surface area contributed by atoms with Gasteiger partial charge < -0.3 is 9.32 Å². The Balaban J connectivity index is 2.09. The fraction of sp³-hybridized carbons (Fsp3) is 0.167. The standard InChI is InChI=1S/C12H11ClN2O2/c1-15(7-9-5-6-17-8-9)12(16)10-3-2-4-11(13)14-10/h2-6,8H,7H2,1H3. The van der Waals surface area contributed by atoms with Crippen LogP contribution in [0.2, 0.25) is 5.15 Å². The monoisotopic (exact) mass is 250 g/mol. The van der Waals surface area contributed by atoms with Crippen molar-refractivity contribution in [3.05, 3.63) is 53.2 Å². The van der Waals surface area contributed by atoms with Crippen molar-refractivity contribution in [1.82, 2.24) is 9.88 Å². The smallest absolute Gasteiger partial charge is 0.272 e. The third-order valence-corrected chi connectivity index (χ3v) is 2.49. The summed E-state index contributed by atoms with van der Waals surface area (Å²) in [4.78, 5) is 17.5. The Morgan fingerprint density at radius 2 is 2.29 bits per heavy atom. The van der Waals surface area contributed by atoms with E-state index in [1.165, 1.54) is 0 Å². The summed E-state index contributed by atoms with van der Waals surface area (Å²) >= 11 is 5.74. The van der Waals surface area contributed by atoms with E-state index in [1.54, 1.807) is 42.7 Å². The fourth-order valence-corrected chi connectivity index (χ4v) is 1.61. The number of furan rings is 1. The van der Waals surface area contributed by atoms with Crippen molar-refractivity contribution in [2.45, 2.75) is 6.54 Å². The molecule has 4 nitrogen and oxygen atoms in total. The fourth-order valence-electron chi connectivity index (χ4n) is 1.45. The number of pyridine rings is 1. The van der Waals surface area contributed by atoms with E-state index in [1.807, 2.05) is 6.07 Å². The van der Waals surface area contributed by atoms with E-state index < -0.39 is 0 Å². The highest BCUT2D eigenvalue weighted by Crippen LogP contribution is 2.10. The highest BCUT2D eigenvalue weighted by Gasteiger charge is 2.13. The van der Waals surface area contributed by atoms with Crippen molar-refractivity contribution >= 4 is 17.5 Å². The van der Waals surface area contributed by atoms with Gasteiger partial charge in [0.2, 0.25) is 0 Å². The Bertz CT molecular complexity index is 511. The van der Waals surface area contributed by atoms with Gasteiger partial charge in [0.15, 0.2) is 0 Å². The summed E-state index contributed by atoms with van der Waals surface area (Å²) < 4.78 is 4.95. The molecule has 0 unspecified atom stereocenters. The summed E-state index contributed by atoms with van der Waals surface area (Å²) in [5, 5.41) is 0.313. The minimum Gasteiger partial charge on any atom is -0.472 e. The van der Waals surface area contributed by atoms with Crippen LogP contribution in [0.5, 0.6) is 0 Å². The van der Waals surface area contributed by atoms with Gasteiger partial charge in [-0.25, -0.2) is 4.98 Å². The zero-order valence-electron chi connectivity index (χ0n) is 9.26. The molecule has 0 saturated carbocycles. The maximum atomic E-state index is 12.0. The van der Waals surface area contributed by atoms with E-state index >= 15 is 0 Å². The second-order valence-corrected chi connectivity index (χ2v) is 4.03. The Morgan fingerprint density at radius 3 is 2.94 bits per heavy atom. The molecule has 0 bridgehead atoms. The molecule has 0 aliphatic heterocycles. The van der Waals surface area contributed by atoms with Gasteiger partial charge in [-0.1, -0.05) is 17.7 Å². The van der Waals surface area contributed by atoms with Crippen LogP contribution in [0.25, 0.3) is 0 Å². The normalized spacial score (nSPS) is 10.2. The minimum atomic E-state index is -0.172. The third kappa shape index (κ3) is 2.85. The number of rotatable bonds is 3. The van der Waals surface area contributed by atoms with Crippen LogP contribution in [0.4, 0.5) is 0 Å². The van der Waals surface area contributed by atoms with Crippen LogP contribution in [-0.2, 0) is 6.54 Å². The zero-order chi connectivity index (χ0) is 12.3. The molecule has 2 aromatic rings. The van der Waals surface area contributed by atoms with Crippen molar-refractivity contribution in [3.8, 4) is 0 Å². The van der Waals surface area contributed by atoms with Crippen LogP contribution in [0.15, 0.2) is 41.2 Å². The van der Waals surface area contributed by atoms with Crippen molar-refractivity contribution in [1.29, 1.82) is 0 Å². The van der Waals surface area contributed by atoms with E-state index in [0.717, 1.165) is 5.56 Å². The van der Waals surface area contributed by atoms with Gasteiger partial charge in [-0.05, 0) is 18.2 Å². The lowest BCUT2D eigenvalue weighted by atomic mass is 10.3. The first-order valence-corrected chi connectivity index (χ1v) is 5.43. The number of carbonyl (C=O) groups is 1. The van der Waals surface area contributed by atoms with Crippen molar-refractivity contribution in [2.75, 3.05) is 7.05 Å². The molecule has 0 aromatic carbocycles. The first-order chi connectivity index (χ1) is 8.16. The van der Waals surface area contributed by atoms with Crippen molar-refractivity contribution < 1.29 is 9.21 Å². The van der Waals surface area contributed by atoms with Gasteiger partial charge in [-0.3, -0.25) is 4.79 Å². The Kier molecular flexibility index (Phi) is 3.44. The predicted molar refractivity (Wildman–Crippen MR) is 63.8 cm³/mol. The number of hydrogen-bond donors (Lipinski definition) is 0. The van der Waals surface area contributed by atoms with Crippen LogP contribution < -0.4 is 0 Å². The minimum absolute atomic E-state index is 0.172. The van der Waals surface area contributed by atoms with E-state index in [9.17, 15) is 4.79 Å². The van der Waals surface area contributed by atoms with E-state index in [4.69, 9.17) is 16.0 Å². The van der Waals surface area contributed by atoms with E-state index in [-0.39, 0.29) is 5.91 Å². The zero-order valence-corrected chi connectivity index (χ0v) is 10.0. The number of halogens is 1. The molecule has 0 aliphatic rings. The number of carbonyl (C=O) groups excluding carboxylic acids is 1. The van der Waals surface area contributed by atoms with E-state index in [0.29, 0.717) is 17.4 Å². The van der Waals surface area contributed by atoms with Crippen molar-refractivity contribution in [3.63, 3.8) is 0 Å². The topological polar surface area (TPSA) is 46.3 Å². The molecule has 88 valence electrons. The molecule has 2 rings (SSSR count). The highest BCUT2D eigenvalue weighted by molar-refractivity contribution is 6.29. The molecule has 17 heavy (non-hydrogen) atoms. The van der Waals surface area contributed by atoms with Gasteiger partial charge >= 0.3 is 0 Å². The number of hydrogen-bond acceptors (Lipinski definition) is 3. The molecule has 0 N–H and O–H groups in total. The maximum absolute atomic E-state index is 12.0. The van der Waals surface area contributed by atoms with Crippen LogP contribution in [0.1, 0.15) is 16.1 Å². The molecule has 2 heterocycles. The Morgan fingerprint density at radius 1 is 1.47 bits per heavy atom. The lowest BCUT2D eigenvalue weighted by molar-refractivity contribution is 0.0779. The number of amides is 1. The summed E-state index contributed by atoms with van der Waals surface area (Å²) in [6.45, 7) is 0.476.